The monoisotopic (exact) mass is 799 g/mol. The average Bonchev–Trinajstić information content (AvgIpc) is 3.97. The van der Waals surface area contributed by atoms with Crippen molar-refractivity contribution in [2.24, 2.45) is 5.92 Å². The summed E-state index contributed by atoms with van der Waals surface area (Å²) in [4.78, 5) is 36.4. The lowest BCUT2D eigenvalue weighted by Gasteiger charge is -2.31. The quantitative estimate of drug-likeness (QED) is 0.119. The number of H-pyrrole nitrogens is 2. The van der Waals surface area contributed by atoms with E-state index in [1.165, 1.54) is 6.42 Å². The minimum Gasteiger partial charge on any atom is -0.465 e. The maximum Gasteiger partial charge on any atom is 0.410 e. The van der Waals surface area contributed by atoms with Crippen molar-refractivity contribution in [2.45, 2.75) is 76.8 Å². The van der Waals surface area contributed by atoms with Gasteiger partial charge >= 0.3 is 6.09 Å². The Morgan fingerprint density at radius 1 is 0.900 bits per heavy atom. The Hall–Kier alpha value is -6.40. The summed E-state index contributed by atoms with van der Waals surface area (Å²) in [5.74, 6) is 4.15. The largest absolute Gasteiger partial charge is 0.465 e. The molecule has 0 bridgehead atoms. The minimum atomic E-state index is -0.563. The molecule has 2 saturated heterocycles. The predicted molar refractivity (Wildman–Crippen MR) is 232 cm³/mol. The van der Waals surface area contributed by atoms with Gasteiger partial charge in [0.25, 0.3) is 0 Å². The Morgan fingerprint density at radius 2 is 1.73 bits per heavy atom. The zero-order valence-corrected chi connectivity index (χ0v) is 34.4. The molecule has 7 aromatic rings. The van der Waals surface area contributed by atoms with Crippen molar-refractivity contribution in [2.75, 3.05) is 25.0 Å². The number of carbonyl (C=O) groups is 1. The molecule has 3 aromatic carbocycles. The summed E-state index contributed by atoms with van der Waals surface area (Å²) < 4.78 is 15.2. The summed E-state index contributed by atoms with van der Waals surface area (Å²) in [5.41, 5.74) is 9.67. The molecule has 0 radical (unpaired) electrons. The number of nitrogens with zero attached hydrogens (tertiary/aromatic N) is 5. The molecule has 12 heteroatoms. The molecule has 7 heterocycles. The van der Waals surface area contributed by atoms with E-state index in [4.69, 9.17) is 19.4 Å². The van der Waals surface area contributed by atoms with Crippen LogP contribution in [0.1, 0.15) is 82.9 Å². The number of hydrogen-bond donors (Lipinski definition) is 4. The Morgan fingerprint density at radius 3 is 2.53 bits per heavy atom. The molecule has 4 atom stereocenters. The first-order valence-electron chi connectivity index (χ1n) is 21.3. The topological polar surface area (TPSA) is 138 Å². The van der Waals surface area contributed by atoms with Gasteiger partial charge in [-0.05, 0) is 120 Å². The van der Waals surface area contributed by atoms with Gasteiger partial charge in [0.1, 0.15) is 28.8 Å². The number of amides is 1. The predicted octanol–water partition coefficient (Wildman–Crippen LogP) is 9.80. The zero-order chi connectivity index (χ0) is 40.8. The highest BCUT2D eigenvalue weighted by molar-refractivity contribution is 5.92. The summed E-state index contributed by atoms with van der Waals surface area (Å²) in [5, 5.41) is 8.07. The van der Waals surface area contributed by atoms with Gasteiger partial charge in [-0.15, -0.1) is 0 Å². The molecule has 4 aromatic heterocycles. The number of rotatable bonds is 8. The van der Waals surface area contributed by atoms with Crippen molar-refractivity contribution in [1.82, 2.24) is 39.7 Å². The molecule has 3 aliphatic heterocycles. The second-order valence-corrected chi connectivity index (χ2v) is 17.7. The lowest BCUT2D eigenvalue weighted by molar-refractivity contribution is 0.0218. The van der Waals surface area contributed by atoms with Crippen LogP contribution in [-0.2, 0) is 10.3 Å². The standard InChI is InChI=1S/C48H49N9O3/c1-5-49-42-16-13-32(25-50-42)28-8-6-9-31(20-28)44-57-38-15-12-29(36-26-51-43(54-36)39-10-7-19-56(39)46(58)60-47(2,3)4)21-33(38)22-40(57)35-14-11-30(23-41(35)59-44)37-27-52-45(55-37)48-24-34(48)17-18-53-48/h6,8-9,11-16,20-23,25-27,34,39,44,53H,5,7,10,17-19,24H2,1-4H3,(H,49,50)(H,51,54)(H,52,55)/t34?,39-,44?,48-/m0/s1. The number of nitrogens with one attached hydrogen (secondary N) is 4. The van der Waals surface area contributed by atoms with Gasteiger partial charge in [-0.25, -0.2) is 19.7 Å². The van der Waals surface area contributed by atoms with E-state index >= 15 is 0 Å². The van der Waals surface area contributed by atoms with Gasteiger partial charge in [0, 0.05) is 52.5 Å². The van der Waals surface area contributed by atoms with Crippen molar-refractivity contribution in [3.05, 3.63) is 115 Å². The molecule has 3 fully saturated rings. The molecular formula is C48H49N9O3. The highest BCUT2D eigenvalue weighted by atomic mass is 16.6. The summed E-state index contributed by atoms with van der Waals surface area (Å²) in [6.07, 6.45) is 9.10. The lowest BCUT2D eigenvalue weighted by atomic mass is 10.0. The average molecular weight is 800 g/mol. The van der Waals surface area contributed by atoms with Crippen LogP contribution >= 0.6 is 0 Å². The maximum absolute atomic E-state index is 13.1. The molecule has 1 aliphatic carbocycles. The number of fused-ring (bicyclic) bond motifs is 6. The second kappa shape index (κ2) is 13.8. The highest BCUT2D eigenvalue weighted by Crippen LogP contribution is 2.56. The first-order chi connectivity index (χ1) is 29.1. The van der Waals surface area contributed by atoms with Crippen molar-refractivity contribution >= 4 is 22.8 Å². The number of imidazole rings is 2. The third-order valence-corrected chi connectivity index (χ3v) is 12.6. The molecule has 12 nitrogen and oxygen atoms in total. The molecular weight excluding hydrogens is 751 g/mol. The van der Waals surface area contributed by atoms with Gasteiger partial charge in [-0.3, -0.25) is 4.90 Å². The van der Waals surface area contributed by atoms with Crippen LogP contribution in [0.4, 0.5) is 10.6 Å². The maximum atomic E-state index is 13.1. The SMILES string of the molecule is CCNc1ccc(-c2cccc(C3Oc4cc(-c5cnc([C@]67CC6CCN7)[nH]5)ccc4-c4cc5cc(-c6cnc([C@@H]7CCCN7C(=O)OC(C)(C)C)[nH]6)ccc5n43)c2)cn1. The Kier molecular flexibility index (Phi) is 8.46. The first-order valence-corrected chi connectivity index (χ1v) is 21.3. The molecule has 11 rings (SSSR count). The van der Waals surface area contributed by atoms with Crippen LogP contribution in [0.15, 0.2) is 97.5 Å². The Balaban J connectivity index is 0.966. The van der Waals surface area contributed by atoms with Crippen LogP contribution in [0.3, 0.4) is 0 Å². The van der Waals surface area contributed by atoms with E-state index in [9.17, 15) is 4.79 Å². The van der Waals surface area contributed by atoms with E-state index in [2.05, 4.69) is 110 Å². The summed E-state index contributed by atoms with van der Waals surface area (Å²) in [6.45, 7) is 10.3. The number of ether oxygens (including phenoxy) is 2. The number of carbonyl (C=O) groups excluding carboxylic acids is 1. The van der Waals surface area contributed by atoms with Crippen LogP contribution in [0, 0.1) is 5.92 Å². The van der Waals surface area contributed by atoms with Crippen molar-refractivity contribution in [3.63, 3.8) is 0 Å². The van der Waals surface area contributed by atoms with Crippen LogP contribution in [-0.4, -0.2) is 65.7 Å². The fourth-order valence-electron chi connectivity index (χ4n) is 9.65. The lowest BCUT2D eigenvalue weighted by Crippen LogP contribution is -2.36. The smallest absolute Gasteiger partial charge is 0.410 e. The Bertz CT molecular complexity index is 2780. The summed E-state index contributed by atoms with van der Waals surface area (Å²) in [7, 11) is 0. The number of aromatic amines is 2. The molecule has 2 unspecified atom stereocenters. The van der Waals surface area contributed by atoms with Gasteiger partial charge in [-0.1, -0.05) is 30.3 Å². The molecule has 60 heavy (non-hydrogen) atoms. The number of likely N-dealkylation sites (tertiary alicyclic amines) is 1. The van der Waals surface area contributed by atoms with Gasteiger partial charge < -0.3 is 34.6 Å². The van der Waals surface area contributed by atoms with E-state index in [0.29, 0.717) is 12.5 Å². The molecule has 304 valence electrons. The fourth-order valence-corrected chi connectivity index (χ4v) is 9.65. The van der Waals surface area contributed by atoms with Gasteiger partial charge in [0.2, 0.25) is 6.23 Å². The number of pyridine rings is 1. The van der Waals surface area contributed by atoms with E-state index in [1.807, 2.05) is 45.4 Å². The van der Waals surface area contributed by atoms with E-state index in [0.717, 1.165) is 117 Å². The van der Waals surface area contributed by atoms with Crippen LogP contribution in [0.25, 0.3) is 55.8 Å². The zero-order valence-electron chi connectivity index (χ0n) is 34.4. The third-order valence-electron chi connectivity index (χ3n) is 12.6. The Labute approximate surface area is 348 Å². The first kappa shape index (κ1) is 36.7. The number of aromatic nitrogens is 6. The van der Waals surface area contributed by atoms with Crippen molar-refractivity contribution in [1.29, 1.82) is 0 Å². The number of piperidine rings is 1. The van der Waals surface area contributed by atoms with Crippen LogP contribution in [0.5, 0.6) is 5.75 Å². The van der Waals surface area contributed by atoms with E-state index < -0.39 is 11.8 Å². The molecule has 1 saturated carbocycles. The minimum absolute atomic E-state index is 0.00983. The van der Waals surface area contributed by atoms with Gasteiger partial charge in [0.15, 0.2) is 0 Å². The number of benzene rings is 3. The molecule has 0 spiro atoms. The van der Waals surface area contributed by atoms with Crippen LogP contribution < -0.4 is 15.4 Å². The number of anilines is 1. The second-order valence-electron chi connectivity index (χ2n) is 17.7. The summed E-state index contributed by atoms with van der Waals surface area (Å²) >= 11 is 0. The van der Waals surface area contributed by atoms with Crippen molar-refractivity contribution < 1.29 is 14.3 Å². The normalized spacial score (nSPS) is 21.7. The molecule has 4 aliphatic rings. The molecule has 1 amide bonds. The molecule has 4 N–H and O–H groups in total. The van der Waals surface area contributed by atoms with Gasteiger partial charge in [0.05, 0.1) is 46.6 Å². The fraction of sp³-hybridized carbons (Fsp3) is 0.333. The van der Waals surface area contributed by atoms with E-state index in [-0.39, 0.29) is 17.7 Å². The van der Waals surface area contributed by atoms with Crippen molar-refractivity contribution in [3.8, 4) is 50.6 Å². The third kappa shape index (κ3) is 6.23. The van der Waals surface area contributed by atoms with E-state index in [1.54, 1.807) is 4.90 Å². The number of hydrogen-bond acceptors (Lipinski definition) is 8. The summed E-state index contributed by atoms with van der Waals surface area (Å²) in [6, 6.07) is 27.8. The van der Waals surface area contributed by atoms with Gasteiger partial charge in [-0.2, -0.15) is 0 Å². The highest BCUT2D eigenvalue weighted by Gasteiger charge is 2.60. The van der Waals surface area contributed by atoms with Crippen LogP contribution in [0.2, 0.25) is 0 Å².